The number of benzene rings is 2. The second-order valence-electron chi connectivity index (χ2n) is 9.94. The van der Waals surface area contributed by atoms with Crippen molar-refractivity contribution >= 4 is 33.3 Å². The molecule has 2 aromatic carbocycles. The number of anilines is 2. The molecular weight excluding hydrogens is 536 g/mol. The molecule has 214 valence electrons. The molecule has 0 saturated carbocycles. The number of para-hydroxylation sites is 1. The van der Waals surface area contributed by atoms with Crippen LogP contribution in [-0.4, -0.2) is 83.1 Å². The summed E-state index contributed by atoms with van der Waals surface area (Å²) in [6.45, 7) is 3.55. The molecule has 0 saturated heterocycles. The molecule has 0 unspecified atom stereocenters. The number of carbonyl (C=O) groups excluding carboxylic acids is 2. The van der Waals surface area contributed by atoms with E-state index in [1.807, 2.05) is 13.0 Å². The number of hydrogen-bond acceptors (Lipinski definition) is 7. The average Bonchev–Trinajstić information content (AvgIpc) is 3.38. The minimum Gasteiger partial charge on any atom is -0.488 e. The quantitative estimate of drug-likeness (QED) is 0.377. The van der Waals surface area contributed by atoms with Crippen LogP contribution in [0.4, 0.5) is 16.2 Å². The van der Waals surface area contributed by atoms with Gasteiger partial charge in [-0.1, -0.05) is 25.1 Å². The van der Waals surface area contributed by atoms with E-state index in [9.17, 15) is 23.1 Å². The zero-order valence-electron chi connectivity index (χ0n) is 22.8. The summed E-state index contributed by atoms with van der Waals surface area (Å²) in [5.74, 6) is -0.417. The highest BCUT2D eigenvalue weighted by Gasteiger charge is 2.35. The fourth-order valence-corrected chi connectivity index (χ4v) is 5.51. The van der Waals surface area contributed by atoms with Crippen LogP contribution in [0.5, 0.6) is 5.75 Å². The molecule has 1 aliphatic rings. The number of fused-ring (bicyclic) bond motifs is 1. The highest BCUT2D eigenvalue weighted by atomic mass is 32.2. The van der Waals surface area contributed by atoms with E-state index in [1.54, 1.807) is 59.8 Å². The van der Waals surface area contributed by atoms with Crippen molar-refractivity contribution in [2.24, 2.45) is 13.0 Å². The number of nitrogens with one attached hydrogen (secondary N) is 2. The van der Waals surface area contributed by atoms with E-state index in [1.165, 1.54) is 29.9 Å². The van der Waals surface area contributed by atoms with E-state index in [0.717, 1.165) is 0 Å². The first-order valence-corrected chi connectivity index (χ1v) is 14.2. The fourth-order valence-electron chi connectivity index (χ4n) is 4.37. The van der Waals surface area contributed by atoms with Gasteiger partial charge in [-0.3, -0.25) is 4.79 Å². The van der Waals surface area contributed by atoms with E-state index in [2.05, 4.69) is 15.6 Å². The van der Waals surface area contributed by atoms with Crippen LogP contribution in [0.2, 0.25) is 0 Å². The minimum absolute atomic E-state index is 0.00542. The van der Waals surface area contributed by atoms with E-state index < -0.39 is 28.2 Å². The summed E-state index contributed by atoms with van der Waals surface area (Å²) in [6, 6.07) is 12.6. The minimum atomic E-state index is -3.88. The van der Waals surface area contributed by atoms with Crippen molar-refractivity contribution < 1.29 is 27.9 Å². The molecule has 0 spiro atoms. The Hall–Kier alpha value is -3.94. The molecule has 3 N–H and O–H groups in total. The van der Waals surface area contributed by atoms with Gasteiger partial charge in [-0.05, 0) is 37.3 Å². The summed E-state index contributed by atoms with van der Waals surface area (Å²) < 4.78 is 35.3. The number of ether oxygens (including phenoxy) is 1. The van der Waals surface area contributed by atoms with Crippen molar-refractivity contribution in [2.75, 3.05) is 37.4 Å². The molecule has 3 atom stereocenters. The molecule has 3 aromatic rings. The number of hydrogen-bond donors (Lipinski definition) is 3. The van der Waals surface area contributed by atoms with Crippen LogP contribution in [0, 0.1) is 5.92 Å². The van der Waals surface area contributed by atoms with Gasteiger partial charge in [-0.2, -0.15) is 4.31 Å². The lowest BCUT2D eigenvalue weighted by Crippen LogP contribution is -2.50. The lowest BCUT2D eigenvalue weighted by atomic mass is 9.99. The summed E-state index contributed by atoms with van der Waals surface area (Å²) in [7, 11) is -0.743. The predicted octanol–water partition coefficient (Wildman–Crippen LogP) is 2.60. The number of aromatic nitrogens is 2. The zero-order valence-corrected chi connectivity index (χ0v) is 23.6. The molecule has 1 aliphatic heterocycles. The van der Waals surface area contributed by atoms with Gasteiger partial charge in [0.15, 0.2) is 5.03 Å². The summed E-state index contributed by atoms with van der Waals surface area (Å²) in [4.78, 5) is 31.7. The van der Waals surface area contributed by atoms with E-state index in [-0.39, 0.29) is 47.9 Å². The standard InChI is InChI=1S/C27H34N6O6S/c1-18-13-33(19(2)16-34)26(35)22-12-21(30-27(36)29-20-8-6-5-7-9-20)10-11-23(22)39-24(18)14-32(4)40(37,38)25-15-31(3)17-28-25/h5-12,15,17-19,24,34H,13-14,16H2,1-4H3,(H2,29,30,36)/t18-,19-,24+/m0/s1. The van der Waals surface area contributed by atoms with Crippen LogP contribution in [0.1, 0.15) is 24.2 Å². The largest absolute Gasteiger partial charge is 0.488 e. The topological polar surface area (TPSA) is 146 Å². The molecule has 1 aromatic heterocycles. The Morgan fingerprint density at radius 3 is 2.55 bits per heavy atom. The number of imidazole rings is 1. The van der Waals surface area contributed by atoms with Crippen molar-refractivity contribution in [2.45, 2.75) is 31.0 Å². The number of amides is 3. The van der Waals surface area contributed by atoms with E-state index >= 15 is 0 Å². The number of carbonyl (C=O) groups is 2. The van der Waals surface area contributed by atoms with Gasteiger partial charge in [0.2, 0.25) is 0 Å². The number of aliphatic hydroxyl groups excluding tert-OH is 1. The van der Waals surface area contributed by atoms with Crippen LogP contribution >= 0.6 is 0 Å². The van der Waals surface area contributed by atoms with Crippen molar-refractivity contribution in [1.29, 1.82) is 0 Å². The van der Waals surface area contributed by atoms with Gasteiger partial charge < -0.3 is 29.9 Å². The number of aliphatic hydroxyl groups is 1. The third-order valence-corrected chi connectivity index (χ3v) is 8.46. The Morgan fingerprint density at radius 1 is 1.20 bits per heavy atom. The Labute approximate surface area is 233 Å². The van der Waals surface area contributed by atoms with Gasteiger partial charge in [-0.25, -0.2) is 18.2 Å². The predicted molar refractivity (Wildman–Crippen MR) is 150 cm³/mol. The molecule has 0 bridgehead atoms. The molecular formula is C27H34N6O6S. The Morgan fingerprint density at radius 2 is 1.90 bits per heavy atom. The monoisotopic (exact) mass is 570 g/mol. The summed E-state index contributed by atoms with van der Waals surface area (Å²) in [6.07, 6.45) is 2.20. The maximum absolute atomic E-state index is 13.6. The van der Waals surface area contributed by atoms with Gasteiger partial charge in [0.05, 0.1) is 31.1 Å². The number of sulfonamides is 1. The third-order valence-electron chi connectivity index (χ3n) is 6.75. The van der Waals surface area contributed by atoms with Gasteiger partial charge in [-0.15, -0.1) is 0 Å². The number of nitrogens with zero attached hydrogens (tertiary/aromatic N) is 4. The van der Waals surface area contributed by atoms with Crippen LogP contribution in [0.15, 0.2) is 66.1 Å². The van der Waals surface area contributed by atoms with Gasteiger partial charge >= 0.3 is 6.03 Å². The van der Waals surface area contributed by atoms with Crippen molar-refractivity contribution in [3.8, 4) is 5.75 Å². The first-order valence-electron chi connectivity index (χ1n) is 12.8. The van der Waals surface area contributed by atoms with Crippen molar-refractivity contribution in [3.05, 3.63) is 66.6 Å². The Kier molecular flexibility index (Phi) is 8.76. The molecule has 0 fully saturated rings. The summed E-state index contributed by atoms with van der Waals surface area (Å²) >= 11 is 0. The van der Waals surface area contributed by atoms with Crippen LogP contribution in [0.25, 0.3) is 0 Å². The lowest BCUT2D eigenvalue weighted by Gasteiger charge is -2.38. The molecule has 3 amide bonds. The number of urea groups is 1. The van der Waals surface area contributed by atoms with E-state index in [4.69, 9.17) is 4.74 Å². The maximum Gasteiger partial charge on any atom is 0.323 e. The maximum atomic E-state index is 13.6. The molecule has 13 heteroatoms. The summed E-state index contributed by atoms with van der Waals surface area (Å²) in [5, 5.41) is 15.2. The highest BCUT2D eigenvalue weighted by Crippen LogP contribution is 2.31. The van der Waals surface area contributed by atoms with Gasteiger partial charge in [0, 0.05) is 44.1 Å². The molecule has 2 heterocycles. The van der Waals surface area contributed by atoms with E-state index in [0.29, 0.717) is 11.4 Å². The zero-order chi connectivity index (χ0) is 29.0. The number of likely N-dealkylation sites (N-methyl/N-ethyl adjacent to an activating group) is 1. The number of rotatable bonds is 8. The van der Waals surface area contributed by atoms with Gasteiger partial charge in [0.1, 0.15) is 11.9 Å². The van der Waals surface area contributed by atoms with Crippen molar-refractivity contribution in [1.82, 2.24) is 18.8 Å². The highest BCUT2D eigenvalue weighted by molar-refractivity contribution is 7.89. The molecule has 0 aliphatic carbocycles. The van der Waals surface area contributed by atoms with Gasteiger partial charge in [0.25, 0.3) is 15.9 Å². The Bertz CT molecular complexity index is 1460. The van der Waals surface area contributed by atoms with Crippen LogP contribution < -0.4 is 15.4 Å². The smallest absolute Gasteiger partial charge is 0.323 e. The number of aryl methyl sites for hydroxylation is 1. The van der Waals surface area contributed by atoms with Crippen LogP contribution in [0.3, 0.4) is 0 Å². The second kappa shape index (κ2) is 12.1. The molecule has 12 nitrogen and oxygen atoms in total. The molecule has 0 radical (unpaired) electrons. The van der Waals surface area contributed by atoms with Crippen molar-refractivity contribution in [3.63, 3.8) is 0 Å². The fraction of sp³-hybridized carbons (Fsp3) is 0.370. The van der Waals surface area contributed by atoms with Crippen LogP contribution in [-0.2, 0) is 17.1 Å². The normalized spacial score (nSPS) is 18.4. The Balaban J connectivity index is 1.61. The SMILES string of the molecule is C[C@H]1CN([C@@H](C)CO)C(=O)c2cc(NC(=O)Nc3ccccc3)ccc2O[C@@H]1CN(C)S(=O)(=O)c1cn(C)cn1. The first-order chi connectivity index (χ1) is 19.0. The molecule has 4 rings (SSSR count). The lowest BCUT2D eigenvalue weighted by molar-refractivity contribution is 0.0387. The average molecular weight is 571 g/mol. The third kappa shape index (κ3) is 6.43. The second-order valence-corrected chi connectivity index (χ2v) is 11.9. The summed E-state index contributed by atoms with van der Waals surface area (Å²) in [5.41, 5.74) is 1.15. The first kappa shape index (κ1) is 29.1. The molecule has 40 heavy (non-hydrogen) atoms.